The number of ether oxygens (including phenoxy) is 3. The van der Waals surface area contributed by atoms with Gasteiger partial charge in [0.2, 0.25) is 5.91 Å². The van der Waals surface area contributed by atoms with Gasteiger partial charge >= 0.3 is 0 Å². The Labute approximate surface area is 184 Å². The maximum atomic E-state index is 12.2. The van der Waals surface area contributed by atoms with Crippen molar-refractivity contribution in [3.05, 3.63) is 53.6 Å². The van der Waals surface area contributed by atoms with Gasteiger partial charge in [-0.15, -0.1) is 0 Å². The quantitative estimate of drug-likeness (QED) is 0.429. The van der Waals surface area contributed by atoms with Crippen molar-refractivity contribution < 1.29 is 23.8 Å². The van der Waals surface area contributed by atoms with Crippen molar-refractivity contribution >= 4 is 34.5 Å². The molecule has 31 heavy (non-hydrogen) atoms. The topological polar surface area (TPSA) is 98.8 Å². The molecule has 2 aromatic carbocycles. The highest BCUT2D eigenvalue weighted by atomic mass is 32.2. The van der Waals surface area contributed by atoms with Crippen LogP contribution in [0.1, 0.15) is 15.9 Å². The highest BCUT2D eigenvalue weighted by Crippen LogP contribution is 2.33. The Hall–Kier alpha value is -3.46. The molecule has 0 saturated heterocycles. The van der Waals surface area contributed by atoms with Crippen LogP contribution in [0.5, 0.6) is 17.2 Å². The maximum absolute atomic E-state index is 12.2. The number of aryl methyl sites for hydroxylation is 1. The Morgan fingerprint density at radius 2 is 1.61 bits per heavy atom. The first kappa shape index (κ1) is 22.2. The van der Waals surface area contributed by atoms with Gasteiger partial charge in [-0.2, -0.15) is 0 Å². The molecule has 1 heterocycles. The second kappa shape index (κ2) is 10.0. The molecule has 1 aromatic heterocycles. The van der Waals surface area contributed by atoms with Crippen LogP contribution in [0, 0.1) is 6.92 Å². The zero-order valence-electron chi connectivity index (χ0n) is 17.6. The number of hydrogen-bond acceptors (Lipinski definition) is 7. The number of carbonyl (C=O) groups excluding carboxylic acids is 2. The standard InChI is InChI=1S/C22H23N3O5S/c1-13-9-15-10-18(29-3)19(30-4)11-17(15)23-22(13)31-12-20(26)24-25-21(27)14-5-7-16(28-2)8-6-14/h5-11H,12H2,1-4H3,(H,24,26)(H,25,27). The minimum Gasteiger partial charge on any atom is -0.497 e. The minimum absolute atomic E-state index is 0.0928. The SMILES string of the molecule is COc1ccc(C(=O)NNC(=O)CSc2nc3cc(OC)c(OC)cc3cc2C)cc1. The van der Waals surface area contributed by atoms with Gasteiger partial charge in [-0.3, -0.25) is 20.4 Å². The van der Waals surface area contributed by atoms with Gasteiger partial charge in [0.05, 0.1) is 32.6 Å². The van der Waals surface area contributed by atoms with E-state index in [0.29, 0.717) is 22.8 Å². The average molecular weight is 442 g/mol. The molecule has 0 radical (unpaired) electrons. The van der Waals surface area contributed by atoms with Gasteiger partial charge in [-0.05, 0) is 48.9 Å². The molecule has 0 fully saturated rings. The van der Waals surface area contributed by atoms with Crippen LogP contribution in [0.4, 0.5) is 0 Å². The lowest BCUT2D eigenvalue weighted by molar-refractivity contribution is -0.119. The van der Waals surface area contributed by atoms with E-state index in [1.807, 2.05) is 19.1 Å². The number of methoxy groups -OCH3 is 3. The van der Waals surface area contributed by atoms with Gasteiger partial charge in [-0.25, -0.2) is 4.98 Å². The van der Waals surface area contributed by atoms with Gasteiger partial charge in [0.25, 0.3) is 5.91 Å². The Kier molecular flexibility index (Phi) is 7.19. The molecule has 3 rings (SSSR count). The first-order valence-electron chi connectivity index (χ1n) is 9.34. The predicted molar refractivity (Wildman–Crippen MR) is 119 cm³/mol. The Morgan fingerprint density at radius 1 is 0.935 bits per heavy atom. The summed E-state index contributed by atoms with van der Waals surface area (Å²) in [6.07, 6.45) is 0. The molecule has 0 aliphatic carbocycles. The van der Waals surface area contributed by atoms with E-state index in [-0.39, 0.29) is 11.7 Å². The van der Waals surface area contributed by atoms with Gasteiger partial charge in [-0.1, -0.05) is 11.8 Å². The maximum Gasteiger partial charge on any atom is 0.269 e. The summed E-state index contributed by atoms with van der Waals surface area (Å²) in [5.74, 6) is 1.19. The molecule has 0 atom stereocenters. The number of benzene rings is 2. The molecule has 0 bridgehead atoms. The van der Waals surface area contributed by atoms with Crippen LogP contribution in [-0.4, -0.2) is 43.9 Å². The highest BCUT2D eigenvalue weighted by Gasteiger charge is 2.12. The van der Waals surface area contributed by atoms with E-state index < -0.39 is 5.91 Å². The molecular formula is C22H23N3O5S. The lowest BCUT2D eigenvalue weighted by Gasteiger charge is -2.11. The van der Waals surface area contributed by atoms with E-state index >= 15 is 0 Å². The predicted octanol–water partition coefficient (Wildman–Crippen LogP) is 3.12. The summed E-state index contributed by atoms with van der Waals surface area (Å²) < 4.78 is 15.7. The Balaban J connectivity index is 1.61. The van der Waals surface area contributed by atoms with Gasteiger partial charge in [0.15, 0.2) is 11.5 Å². The van der Waals surface area contributed by atoms with Crippen LogP contribution in [0.2, 0.25) is 0 Å². The minimum atomic E-state index is -0.415. The fourth-order valence-electron chi connectivity index (χ4n) is 2.85. The number of thioether (sulfide) groups is 1. The molecule has 162 valence electrons. The lowest BCUT2D eigenvalue weighted by Crippen LogP contribution is -2.42. The Bertz CT molecular complexity index is 1100. The summed E-state index contributed by atoms with van der Waals surface area (Å²) >= 11 is 1.28. The van der Waals surface area contributed by atoms with E-state index in [1.165, 1.54) is 11.8 Å². The van der Waals surface area contributed by atoms with Crippen molar-refractivity contribution in [2.24, 2.45) is 0 Å². The largest absolute Gasteiger partial charge is 0.497 e. The Morgan fingerprint density at radius 3 is 2.26 bits per heavy atom. The first-order chi connectivity index (χ1) is 14.9. The van der Waals surface area contributed by atoms with Gasteiger partial charge in [0, 0.05) is 17.0 Å². The molecule has 8 nitrogen and oxygen atoms in total. The molecule has 0 aliphatic heterocycles. The summed E-state index contributed by atoms with van der Waals surface area (Å²) in [4.78, 5) is 28.9. The zero-order chi connectivity index (χ0) is 22.4. The summed E-state index contributed by atoms with van der Waals surface area (Å²) in [6.45, 7) is 1.93. The third kappa shape index (κ3) is 5.37. The van der Waals surface area contributed by atoms with E-state index in [1.54, 1.807) is 51.7 Å². The summed E-state index contributed by atoms with van der Waals surface area (Å²) in [6, 6.07) is 12.2. The normalized spacial score (nSPS) is 10.5. The van der Waals surface area contributed by atoms with E-state index in [4.69, 9.17) is 14.2 Å². The lowest BCUT2D eigenvalue weighted by atomic mass is 10.1. The number of pyridine rings is 1. The van der Waals surface area contributed by atoms with Crippen LogP contribution >= 0.6 is 11.8 Å². The molecule has 9 heteroatoms. The second-order valence-electron chi connectivity index (χ2n) is 6.53. The zero-order valence-corrected chi connectivity index (χ0v) is 18.5. The first-order valence-corrected chi connectivity index (χ1v) is 10.3. The molecule has 0 aliphatic rings. The van der Waals surface area contributed by atoms with Crippen LogP contribution < -0.4 is 25.1 Å². The van der Waals surface area contributed by atoms with E-state index in [2.05, 4.69) is 15.8 Å². The van der Waals surface area contributed by atoms with Crippen LogP contribution in [0.15, 0.2) is 47.5 Å². The van der Waals surface area contributed by atoms with Crippen molar-refractivity contribution in [1.29, 1.82) is 0 Å². The van der Waals surface area contributed by atoms with Crippen LogP contribution in [-0.2, 0) is 4.79 Å². The van der Waals surface area contributed by atoms with E-state index in [9.17, 15) is 9.59 Å². The number of hydrazine groups is 1. The number of rotatable bonds is 7. The number of amides is 2. The summed E-state index contributed by atoms with van der Waals surface area (Å²) in [5, 5.41) is 1.63. The van der Waals surface area contributed by atoms with Crippen molar-refractivity contribution in [3.8, 4) is 17.2 Å². The average Bonchev–Trinajstić information content (AvgIpc) is 2.80. The number of carbonyl (C=O) groups is 2. The molecule has 0 unspecified atom stereocenters. The van der Waals surface area contributed by atoms with E-state index in [0.717, 1.165) is 21.5 Å². The summed E-state index contributed by atoms with van der Waals surface area (Å²) in [7, 11) is 4.70. The molecule has 3 aromatic rings. The highest BCUT2D eigenvalue weighted by molar-refractivity contribution is 7.99. The third-order valence-electron chi connectivity index (χ3n) is 4.47. The molecular weight excluding hydrogens is 418 g/mol. The fraction of sp³-hybridized carbons (Fsp3) is 0.227. The molecule has 0 saturated carbocycles. The number of nitrogens with one attached hydrogen (secondary N) is 2. The molecule has 0 spiro atoms. The summed E-state index contributed by atoms with van der Waals surface area (Å²) in [5.41, 5.74) is 6.89. The van der Waals surface area contributed by atoms with Crippen molar-refractivity contribution in [1.82, 2.24) is 15.8 Å². The van der Waals surface area contributed by atoms with Crippen molar-refractivity contribution in [3.63, 3.8) is 0 Å². The van der Waals surface area contributed by atoms with Crippen LogP contribution in [0.3, 0.4) is 0 Å². The monoisotopic (exact) mass is 441 g/mol. The number of nitrogens with zero attached hydrogens (tertiary/aromatic N) is 1. The van der Waals surface area contributed by atoms with Gasteiger partial charge < -0.3 is 14.2 Å². The molecule has 2 N–H and O–H groups in total. The van der Waals surface area contributed by atoms with Crippen LogP contribution in [0.25, 0.3) is 10.9 Å². The second-order valence-corrected chi connectivity index (χ2v) is 7.49. The number of hydrogen-bond donors (Lipinski definition) is 2. The van der Waals surface area contributed by atoms with Crippen molar-refractivity contribution in [2.45, 2.75) is 11.9 Å². The number of fused-ring (bicyclic) bond motifs is 1. The van der Waals surface area contributed by atoms with Gasteiger partial charge in [0.1, 0.15) is 10.8 Å². The number of aromatic nitrogens is 1. The van der Waals surface area contributed by atoms with Crippen molar-refractivity contribution in [2.75, 3.05) is 27.1 Å². The third-order valence-corrected chi connectivity index (χ3v) is 5.57. The fourth-order valence-corrected chi connectivity index (χ4v) is 3.64. The smallest absolute Gasteiger partial charge is 0.269 e. The molecule has 2 amide bonds.